The van der Waals surface area contributed by atoms with Crippen molar-refractivity contribution in [3.8, 4) is 57.5 Å². The third kappa shape index (κ3) is 6.23. The Morgan fingerprint density at radius 1 is 0.543 bits per heavy atom. The molecule has 2 aliphatic heterocycles. The van der Waals surface area contributed by atoms with Crippen molar-refractivity contribution in [2.75, 3.05) is 28.4 Å². The molecule has 0 unspecified atom stereocenters. The molecule has 240 valence electrons. The van der Waals surface area contributed by atoms with Crippen LogP contribution in [0.3, 0.4) is 0 Å². The van der Waals surface area contributed by atoms with Gasteiger partial charge in [-0.1, -0.05) is 12.1 Å². The van der Waals surface area contributed by atoms with Crippen molar-refractivity contribution in [3.63, 3.8) is 0 Å². The number of phenolic OH excluding ortho intramolecular Hbond substituents is 4. The van der Waals surface area contributed by atoms with Gasteiger partial charge in [-0.05, 0) is 35.4 Å². The summed E-state index contributed by atoms with van der Waals surface area (Å²) in [5, 5.41) is 40.1. The van der Waals surface area contributed by atoms with E-state index in [1.165, 1.54) is 52.7 Å². The van der Waals surface area contributed by atoms with E-state index in [0.29, 0.717) is 34.1 Å². The first kappa shape index (κ1) is 31.6. The largest absolute Gasteiger partial charge is 0.507 e. The summed E-state index contributed by atoms with van der Waals surface area (Å²) in [5.74, 6) is 0.353. The van der Waals surface area contributed by atoms with Gasteiger partial charge in [0.2, 0.25) is 0 Å². The molecule has 0 saturated heterocycles. The zero-order chi connectivity index (χ0) is 33.1. The SMILES string of the molecule is COc1cc(O)c2c(c1)OC(=O)C[C@@H]2c1ccc(O)c(OC)c1.COc1cc(O)c2c(c1)OC(=O)C[C@H]2c1ccc(O)c(OC)c1. The highest BCUT2D eigenvalue weighted by molar-refractivity contribution is 5.80. The highest BCUT2D eigenvalue weighted by atomic mass is 16.5. The lowest BCUT2D eigenvalue weighted by Gasteiger charge is -2.26. The van der Waals surface area contributed by atoms with E-state index in [1.54, 1.807) is 36.4 Å². The Morgan fingerprint density at radius 3 is 1.28 bits per heavy atom. The van der Waals surface area contributed by atoms with Gasteiger partial charge in [0.15, 0.2) is 23.0 Å². The van der Waals surface area contributed by atoms with Gasteiger partial charge in [-0.15, -0.1) is 0 Å². The molecule has 0 aromatic heterocycles. The summed E-state index contributed by atoms with van der Waals surface area (Å²) in [4.78, 5) is 23.8. The second-order valence-electron chi connectivity index (χ2n) is 10.4. The molecule has 0 radical (unpaired) electrons. The van der Waals surface area contributed by atoms with Crippen molar-refractivity contribution in [2.45, 2.75) is 24.7 Å². The predicted octanol–water partition coefficient (Wildman–Crippen LogP) is 5.11. The first-order chi connectivity index (χ1) is 22.1. The number of esters is 2. The normalized spacial score (nSPS) is 16.4. The Bertz CT molecular complexity index is 1670. The lowest BCUT2D eigenvalue weighted by atomic mass is 9.85. The molecule has 0 spiro atoms. The number of benzene rings is 4. The fourth-order valence-corrected chi connectivity index (χ4v) is 5.54. The summed E-state index contributed by atoms with van der Waals surface area (Å²) >= 11 is 0. The average Bonchev–Trinajstić information content (AvgIpc) is 3.04. The Labute approximate surface area is 263 Å². The van der Waals surface area contributed by atoms with Gasteiger partial charge in [-0.2, -0.15) is 0 Å². The minimum atomic E-state index is -0.401. The molecule has 4 aromatic rings. The van der Waals surface area contributed by atoms with Crippen molar-refractivity contribution in [2.24, 2.45) is 0 Å². The minimum absolute atomic E-state index is 0.00816. The van der Waals surface area contributed by atoms with Gasteiger partial charge >= 0.3 is 11.9 Å². The first-order valence-corrected chi connectivity index (χ1v) is 14.0. The summed E-state index contributed by atoms with van der Waals surface area (Å²) in [6, 6.07) is 15.7. The summed E-state index contributed by atoms with van der Waals surface area (Å²) in [7, 11) is 5.83. The van der Waals surface area contributed by atoms with Crippen LogP contribution in [0.1, 0.15) is 46.9 Å². The van der Waals surface area contributed by atoms with Crippen molar-refractivity contribution >= 4 is 11.9 Å². The molecule has 12 nitrogen and oxygen atoms in total. The van der Waals surface area contributed by atoms with Crippen LogP contribution in [0.4, 0.5) is 0 Å². The molecule has 0 saturated carbocycles. The fraction of sp³-hybridized carbons (Fsp3) is 0.235. The van der Waals surface area contributed by atoms with Crippen LogP contribution in [-0.2, 0) is 9.59 Å². The highest BCUT2D eigenvalue weighted by Gasteiger charge is 2.33. The Balaban J connectivity index is 0.000000181. The topological polar surface area (TPSA) is 170 Å². The number of hydrogen-bond acceptors (Lipinski definition) is 12. The highest BCUT2D eigenvalue weighted by Crippen LogP contribution is 2.48. The number of fused-ring (bicyclic) bond motifs is 2. The monoisotopic (exact) mass is 632 g/mol. The van der Waals surface area contributed by atoms with Gasteiger partial charge in [-0.25, -0.2) is 0 Å². The molecule has 0 bridgehead atoms. The van der Waals surface area contributed by atoms with Crippen LogP contribution in [0.25, 0.3) is 0 Å². The van der Waals surface area contributed by atoms with E-state index in [-0.39, 0.29) is 47.3 Å². The maximum absolute atomic E-state index is 11.9. The molecule has 6 rings (SSSR count). The van der Waals surface area contributed by atoms with Crippen LogP contribution in [0.5, 0.6) is 57.5 Å². The third-order valence-electron chi connectivity index (χ3n) is 7.76. The number of aromatic hydroxyl groups is 4. The quantitative estimate of drug-likeness (QED) is 0.164. The molecule has 12 heteroatoms. The molecule has 2 aliphatic rings. The standard InChI is InChI=1S/2C17H16O6/c2*1-21-10-6-13(19)17-11(8-16(20)23-15(17)7-10)9-3-4-12(18)14(5-9)22-2/h2*3-7,11,18-19H,8H2,1-2H3/t2*11-/m10/s1. The second-order valence-corrected chi connectivity index (χ2v) is 10.4. The zero-order valence-electron chi connectivity index (χ0n) is 25.4. The third-order valence-corrected chi connectivity index (χ3v) is 7.76. The molecule has 0 fully saturated rings. The van der Waals surface area contributed by atoms with E-state index in [4.69, 9.17) is 28.4 Å². The van der Waals surface area contributed by atoms with Crippen molar-refractivity contribution < 1.29 is 58.4 Å². The number of phenols is 4. The second kappa shape index (κ2) is 13.1. The van der Waals surface area contributed by atoms with E-state index in [0.717, 1.165) is 11.1 Å². The van der Waals surface area contributed by atoms with Crippen LogP contribution >= 0.6 is 0 Å². The van der Waals surface area contributed by atoms with Gasteiger partial charge in [-0.3, -0.25) is 9.59 Å². The molecule has 46 heavy (non-hydrogen) atoms. The summed E-state index contributed by atoms with van der Waals surface area (Å²) in [6.45, 7) is 0. The van der Waals surface area contributed by atoms with Crippen molar-refractivity contribution in [1.82, 2.24) is 0 Å². The van der Waals surface area contributed by atoms with E-state index in [9.17, 15) is 30.0 Å². The van der Waals surface area contributed by atoms with Gasteiger partial charge in [0.25, 0.3) is 0 Å². The Hall–Kier alpha value is -5.78. The number of hydrogen-bond donors (Lipinski definition) is 4. The lowest BCUT2D eigenvalue weighted by molar-refractivity contribution is -0.136. The molecular weight excluding hydrogens is 600 g/mol. The fourth-order valence-electron chi connectivity index (χ4n) is 5.54. The summed E-state index contributed by atoms with van der Waals surface area (Å²) < 4.78 is 30.8. The lowest BCUT2D eigenvalue weighted by Crippen LogP contribution is -2.21. The van der Waals surface area contributed by atoms with Crippen molar-refractivity contribution in [3.05, 3.63) is 82.9 Å². The Kier molecular flexibility index (Phi) is 8.99. The minimum Gasteiger partial charge on any atom is -0.507 e. The van der Waals surface area contributed by atoms with E-state index in [2.05, 4.69) is 0 Å². The van der Waals surface area contributed by atoms with Gasteiger partial charge in [0.05, 0.1) is 41.3 Å². The number of methoxy groups -OCH3 is 4. The van der Waals surface area contributed by atoms with E-state index >= 15 is 0 Å². The summed E-state index contributed by atoms with van der Waals surface area (Å²) in [6.07, 6.45) is 0.168. The maximum atomic E-state index is 11.9. The van der Waals surface area contributed by atoms with Crippen LogP contribution in [0.2, 0.25) is 0 Å². The molecule has 2 atom stereocenters. The van der Waals surface area contributed by atoms with Crippen LogP contribution in [0.15, 0.2) is 60.7 Å². The van der Waals surface area contributed by atoms with Crippen LogP contribution in [0, 0.1) is 0 Å². The predicted molar refractivity (Wildman–Crippen MR) is 163 cm³/mol. The number of ether oxygens (including phenoxy) is 6. The van der Waals surface area contributed by atoms with Crippen LogP contribution < -0.4 is 28.4 Å². The first-order valence-electron chi connectivity index (χ1n) is 14.0. The molecule has 0 amide bonds. The number of rotatable bonds is 6. The van der Waals surface area contributed by atoms with Gasteiger partial charge in [0, 0.05) is 47.2 Å². The molecule has 4 N–H and O–H groups in total. The Morgan fingerprint density at radius 2 is 0.935 bits per heavy atom. The molecule has 2 heterocycles. The number of carbonyl (C=O) groups is 2. The van der Waals surface area contributed by atoms with Crippen LogP contribution in [-0.4, -0.2) is 60.8 Å². The van der Waals surface area contributed by atoms with Gasteiger partial charge < -0.3 is 48.8 Å². The molecular formula is C34H32O12. The smallest absolute Gasteiger partial charge is 0.312 e. The maximum Gasteiger partial charge on any atom is 0.312 e. The molecule has 4 aromatic carbocycles. The van der Waals surface area contributed by atoms with Gasteiger partial charge in [0.1, 0.15) is 34.5 Å². The van der Waals surface area contributed by atoms with Crippen molar-refractivity contribution in [1.29, 1.82) is 0 Å². The van der Waals surface area contributed by atoms with E-state index < -0.39 is 23.8 Å². The average molecular weight is 633 g/mol. The molecule has 0 aliphatic carbocycles. The zero-order valence-corrected chi connectivity index (χ0v) is 25.4. The number of carbonyl (C=O) groups excluding carboxylic acids is 2. The van der Waals surface area contributed by atoms with E-state index in [1.807, 2.05) is 0 Å². The summed E-state index contributed by atoms with van der Waals surface area (Å²) in [5.41, 5.74) is 2.49.